The summed E-state index contributed by atoms with van der Waals surface area (Å²) in [7, 11) is 0. The highest BCUT2D eigenvalue weighted by Gasteiger charge is 2.37. The minimum Gasteiger partial charge on any atom is -0.354 e. The number of hydrogen-bond acceptors (Lipinski definition) is 2. The van der Waals surface area contributed by atoms with Crippen LogP contribution in [-0.4, -0.2) is 25.0 Å². The quantitative estimate of drug-likeness (QED) is 0.441. The van der Waals surface area contributed by atoms with E-state index in [0.29, 0.717) is 5.92 Å². The summed E-state index contributed by atoms with van der Waals surface area (Å²) in [6.07, 6.45) is 1.16. The number of rotatable bonds is 0. The molecule has 3 heteroatoms. The van der Waals surface area contributed by atoms with E-state index in [1.54, 1.807) is 0 Å². The molecule has 1 amide bonds. The first-order valence-corrected chi connectivity index (χ1v) is 3.39. The highest BCUT2D eigenvalue weighted by Crippen LogP contribution is 2.18. The molecule has 0 aromatic heterocycles. The van der Waals surface area contributed by atoms with Gasteiger partial charge in [0.15, 0.2) is 0 Å². The SMILES string of the molecule is O=C1NC[C@@H]2CCN[C@@H]12. The molecule has 0 aromatic carbocycles. The maximum atomic E-state index is 10.9. The van der Waals surface area contributed by atoms with Crippen LogP contribution in [0.25, 0.3) is 0 Å². The van der Waals surface area contributed by atoms with Gasteiger partial charge in [-0.15, -0.1) is 0 Å². The minimum absolute atomic E-state index is 0.144. The standard InChI is InChI=1S/C6H10N2O/c9-6-5-4(3-8-6)1-2-7-5/h4-5,7H,1-3H2,(H,8,9)/t4-,5+/m0/s1. The topological polar surface area (TPSA) is 41.1 Å². The van der Waals surface area contributed by atoms with Gasteiger partial charge in [0.2, 0.25) is 5.91 Å². The Morgan fingerprint density at radius 2 is 2.44 bits per heavy atom. The van der Waals surface area contributed by atoms with Gasteiger partial charge in [0.25, 0.3) is 0 Å². The van der Waals surface area contributed by atoms with E-state index in [1.807, 2.05) is 0 Å². The van der Waals surface area contributed by atoms with E-state index in [9.17, 15) is 4.79 Å². The molecule has 0 unspecified atom stereocenters. The third-order valence-electron chi connectivity index (χ3n) is 2.17. The molecule has 2 N–H and O–H groups in total. The van der Waals surface area contributed by atoms with E-state index in [1.165, 1.54) is 0 Å². The Hall–Kier alpha value is -0.570. The number of nitrogens with one attached hydrogen (secondary N) is 2. The molecule has 0 saturated carbocycles. The van der Waals surface area contributed by atoms with Crippen LogP contribution in [0.3, 0.4) is 0 Å². The summed E-state index contributed by atoms with van der Waals surface area (Å²) in [5.74, 6) is 0.773. The number of carbonyl (C=O) groups excluding carboxylic acids is 1. The predicted octanol–water partition coefficient (Wildman–Crippen LogP) is -0.906. The summed E-state index contributed by atoms with van der Waals surface area (Å²) >= 11 is 0. The normalized spacial score (nSPS) is 40.7. The van der Waals surface area contributed by atoms with Crippen molar-refractivity contribution < 1.29 is 4.79 Å². The first kappa shape index (κ1) is 5.23. The molecule has 2 saturated heterocycles. The first-order chi connectivity index (χ1) is 4.38. The van der Waals surface area contributed by atoms with E-state index < -0.39 is 0 Å². The number of fused-ring (bicyclic) bond motifs is 1. The Bertz CT molecular complexity index is 146. The van der Waals surface area contributed by atoms with Crippen LogP contribution >= 0.6 is 0 Å². The maximum absolute atomic E-state index is 10.9. The van der Waals surface area contributed by atoms with Crippen molar-refractivity contribution in [3.63, 3.8) is 0 Å². The minimum atomic E-state index is 0.144. The molecular weight excluding hydrogens is 116 g/mol. The molecular formula is C6H10N2O. The van der Waals surface area contributed by atoms with Crippen LogP contribution in [0.2, 0.25) is 0 Å². The number of carbonyl (C=O) groups is 1. The summed E-state index contributed by atoms with van der Waals surface area (Å²) in [4.78, 5) is 10.9. The number of amides is 1. The lowest BCUT2D eigenvalue weighted by Gasteiger charge is -2.01. The Morgan fingerprint density at radius 3 is 3.22 bits per heavy atom. The van der Waals surface area contributed by atoms with Gasteiger partial charge in [0.05, 0.1) is 6.04 Å². The van der Waals surface area contributed by atoms with Crippen LogP contribution in [0.4, 0.5) is 0 Å². The second kappa shape index (κ2) is 1.70. The number of hydrogen-bond donors (Lipinski definition) is 2. The average molecular weight is 126 g/mol. The van der Waals surface area contributed by atoms with Gasteiger partial charge in [0, 0.05) is 12.5 Å². The average Bonchev–Trinajstić information content (AvgIpc) is 2.35. The van der Waals surface area contributed by atoms with Gasteiger partial charge in [-0.25, -0.2) is 0 Å². The Labute approximate surface area is 53.8 Å². The van der Waals surface area contributed by atoms with Gasteiger partial charge in [0.1, 0.15) is 0 Å². The zero-order valence-electron chi connectivity index (χ0n) is 5.18. The summed E-state index contributed by atoms with van der Waals surface area (Å²) in [6, 6.07) is 0.144. The van der Waals surface area contributed by atoms with Gasteiger partial charge in [-0.2, -0.15) is 0 Å². The fourth-order valence-electron chi connectivity index (χ4n) is 1.63. The van der Waals surface area contributed by atoms with Gasteiger partial charge in [-0.1, -0.05) is 0 Å². The highest BCUT2D eigenvalue weighted by molar-refractivity contribution is 5.84. The molecule has 2 aliphatic rings. The zero-order chi connectivity index (χ0) is 6.27. The molecule has 2 rings (SSSR count). The predicted molar refractivity (Wildman–Crippen MR) is 32.9 cm³/mol. The third-order valence-corrected chi connectivity index (χ3v) is 2.17. The first-order valence-electron chi connectivity index (χ1n) is 3.39. The maximum Gasteiger partial charge on any atom is 0.237 e. The summed E-state index contributed by atoms with van der Waals surface area (Å²) in [5.41, 5.74) is 0. The monoisotopic (exact) mass is 126 g/mol. The lowest BCUT2D eigenvalue weighted by Crippen LogP contribution is -2.33. The molecule has 9 heavy (non-hydrogen) atoms. The molecule has 0 aromatic rings. The van der Waals surface area contributed by atoms with Crippen LogP contribution < -0.4 is 10.6 Å². The Balaban J connectivity index is 2.15. The molecule has 50 valence electrons. The fourth-order valence-corrected chi connectivity index (χ4v) is 1.63. The molecule has 2 fully saturated rings. The molecule has 2 aliphatic heterocycles. The van der Waals surface area contributed by atoms with E-state index in [0.717, 1.165) is 19.5 Å². The Kier molecular flexibility index (Phi) is 0.990. The van der Waals surface area contributed by atoms with Crippen molar-refractivity contribution in [2.24, 2.45) is 5.92 Å². The highest BCUT2D eigenvalue weighted by atomic mass is 16.2. The molecule has 0 bridgehead atoms. The molecule has 3 nitrogen and oxygen atoms in total. The van der Waals surface area contributed by atoms with Crippen LogP contribution in [0.15, 0.2) is 0 Å². The molecule has 0 aliphatic carbocycles. The van der Waals surface area contributed by atoms with Gasteiger partial charge in [-0.05, 0) is 13.0 Å². The Morgan fingerprint density at radius 1 is 1.56 bits per heavy atom. The van der Waals surface area contributed by atoms with E-state index >= 15 is 0 Å². The lowest BCUT2D eigenvalue weighted by molar-refractivity contribution is -0.120. The van der Waals surface area contributed by atoms with Gasteiger partial charge < -0.3 is 10.6 Å². The van der Waals surface area contributed by atoms with Crippen molar-refractivity contribution in [2.45, 2.75) is 12.5 Å². The van der Waals surface area contributed by atoms with Gasteiger partial charge >= 0.3 is 0 Å². The zero-order valence-corrected chi connectivity index (χ0v) is 5.18. The molecule has 2 atom stereocenters. The van der Waals surface area contributed by atoms with Crippen molar-refractivity contribution in [1.82, 2.24) is 10.6 Å². The summed E-state index contributed by atoms with van der Waals surface area (Å²) in [6.45, 7) is 1.90. The van der Waals surface area contributed by atoms with Crippen molar-refractivity contribution in [3.8, 4) is 0 Å². The van der Waals surface area contributed by atoms with Crippen molar-refractivity contribution >= 4 is 5.91 Å². The lowest BCUT2D eigenvalue weighted by atomic mass is 10.1. The van der Waals surface area contributed by atoms with Crippen LogP contribution in [0, 0.1) is 5.92 Å². The molecule has 0 spiro atoms. The van der Waals surface area contributed by atoms with Crippen LogP contribution in [0.1, 0.15) is 6.42 Å². The summed E-state index contributed by atoms with van der Waals surface area (Å²) < 4.78 is 0. The van der Waals surface area contributed by atoms with Crippen molar-refractivity contribution in [1.29, 1.82) is 0 Å². The largest absolute Gasteiger partial charge is 0.354 e. The molecule has 2 heterocycles. The van der Waals surface area contributed by atoms with E-state index in [2.05, 4.69) is 10.6 Å². The fraction of sp³-hybridized carbons (Fsp3) is 0.833. The summed E-state index contributed by atoms with van der Waals surface area (Å²) in [5, 5.41) is 5.98. The van der Waals surface area contributed by atoms with Crippen LogP contribution in [0.5, 0.6) is 0 Å². The van der Waals surface area contributed by atoms with Gasteiger partial charge in [-0.3, -0.25) is 4.79 Å². The van der Waals surface area contributed by atoms with E-state index in [-0.39, 0.29) is 11.9 Å². The second-order valence-corrected chi connectivity index (χ2v) is 2.73. The third kappa shape index (κ3) is 0.645. The van der Waals surface area contributed by atoms with Crippen molar-refractivity contribution in [3.05, 3.63) is 0 Å². The van der Waals surface area contributed by atoms with E-state index in [4.69, 9.17) is 0 Å². The molecule has 0 radical (unpaired) electrons. The smallest absolute Gasteiger partial charge is 0.237 e. The second-order valence-electron chi connectivity index (χ2n) is 2.73. The van der Waals surface area contributed by atoms with Crippen LogP contribution in [-0.2, 0) is 4.79 Å². The van der Waals surface area contributed by atoms with Crippen molar-refractivity contribution in [2.75, 3.05) is 13.1 Å².